The Balaban J connectivity index is 2.24. The van der Waals surface area contributed by atoms with Crippen LogP contribution in [0, 0.1) is 10.1 Å². The second-order valence-corrected chi connectivity index (χ2v) is 3.32. The molecule has 9 heteroatoms. The van der Waals surface area contributed by atoms with Crippen LogP contribution in [-0.2, 0) is 9.63 Å². The van der Waals surface area contributed by atoms with Gasteiger partial charge in [-0.15, -0.1) is 14.8 Å². The quantitative estimate of drug-likeness (QED) is 0.408. The lowest BCUT2D eigenvalue weighted by Crippen LogP contribution is -2.18. The van der Waals surface area contributed by atoms with Crippen molar-refractivity contribution in [2.75, 3.05) is 6.61 Å². The van der Waals surface area contributed by atoms with Crippen LogP contribution in [0.1, 0.15) is 19.3 Å². The summed E-state index contributed by atoms with van der Waals surface area (Å²) in [7, 11) is 0. The van der Waals surface area contributed by atoms with Gasteiger partial charge in [0.15, 0.2) is 0 Å². The molecule has 0 aliphatic rings. The third-order valence-electron chi connectivity index (χ3n) is 1.96. The standard InChI is InChI=1S/C9H12N2O7/c12-7-4-5-8(13)10(7)18-9(14)3-1-2-6-17-11(15)16/h4-5,12-13H,1-3,6H2. The van der Waals surface area contributed by atoms with Crippen molar-refractivity contribution in [2.24, 2.45) is 0 Å². The van der Waals surface area contributed by atoms with Crippen LogP contribution < -0.4 is 4.84 Å². The van der Waals surface area contributed by atoms with E-state index >= 15 is 0 Å². The molecule has 0 atom stereocenters. The van der Waals surface area contributed by atoms with Crippen LogP contribution in [-0.4, -0.2) is 32.6 Å². The Bertz CT molecular complexity index is 409. The molecule has 100 valence electrons. The Morgan fingerprint density at radius 2 is 1.94 bits per heavy atom. The number of carbonyl (C=O) groups is 1. The Labute approximate surface area is 101 Å². The number of rotatable bonds is 7. The number of aromatic nitrogens is 1. The molecule has 0 saturated carbocycles. The molecule has 0 aliphatic carbocycles. The van der Waals surface area contributed by atoms with Crippen LogP contribution in [0.2, 0.25) is 0 Å². The van der Waals surface area contributed by atoms with Crippen molar-refractivity contribution >= 4 is 5.97 Å². The summed E-state index contributed by atoms with van der Waals surface area (Å²) in [5.41, 5.74) is 0. The number of unbranched alkanes of at least 4 members (excludes halogenated alkanes) is 1. The highest BCUT2D eigenvalue weighted by Gasteiger charge is 2.11. The molecule has 18 heavy (non-hydrogen) atoms. The van der Waals surface area contributed by atoms with Crippen molar-refractivity contribution in [3.05, 3.63) is 22.2 Å². The van der Waals surface area contributed by atoms with E-state index in [9.17, 15) is 25.1 Å². The highest BCUT2D eigenvalue weighted by atomic mass is 16.9. The minimum absolute atomic E-state index is 0.0157. The van der Waals surface area contributed by atoms with E-state index in [0.29, 0.717) is 17.6 Å². The van der Waals surface area contributed by atoms with Gasteiger partial charge in [-0.25, -0.2) is 4.79 Å². The number of hydrogen-bond donors (Lipinski definition) is 2. The number of hydrogen-bond acceptors (Lipinski definition) is 7. The van der Waals surface area contributed by atoms with Crippen LogP contribution in [0.25, 0.3) is 0 Å². The van der Waals surface area contributed by atoms with Gasteiger partial charge in [-0.1, -0.05) is 0 Å². The molecule has 0 unspecified atom stereocenters. The van der Waals surface area contributed by atoms with Crippen molar-refractivity contribution in [1.29, 1.82) is 0 Å². The molecule has 1 aromatic heterocycles. The molecular formula is C9H12N2O7. The van der Waals surface area contributed by atoms with Gasteiger partial charge < -0.3 is 19.9 Å². The first kappa shape index (κ1) is 13.6. The zero-order valence-corrected chi connectivity index (χ0v) is 9.31. The molecule has 0 radical (unpaired) electrons. The maximum atomic E-state index is 11.3. The Hall–Kier alpha value is -2.45. The van der Waals surface area contributed by atoms with E-state index in [4.69, 9.17) is 0 Å². The van der Waals surface area contributed by atoms with Crippen LogP contribution in [0.3, 0.4) is 0 Å². The predicted molar refractivity (Wildman–Crippen MR) is 56.1 cm³/mol. The van der Waals surface area contributed by atoms with Gasteiger partial charge in [0.2, 0.25) is 11.8 Å². The minimum atomic E-state index is -0.909. The Morgan fingerprint density at radius 1 is 1.33 bits per heavy atom. The molecule has 2 N–H and O–H groups in total. The summed E-state index contributed by atoms with van der Waals surface area (Å²) >= 11 is 0. The normalized spacial score (nSPS) is 10.0. The lowest BCUT2D eigenvalue weighted by molar-refractivity contribution is -0.757. The van der Waals surface area contributed by atoms with E-state index in [-0.39, 0.29) is 13.0 Å². The maximum absolute atomic E-state index is 11.3. The topological polar surface area (TPSA) is 124 Å². The predicted octanol–water partition coefficient (Wildman–Crippen LogP) is 0.233. The molecule has 0 aromatic carbocycles. The molecule has 1 rings (SSSR count). The first-order chi connectivity index (χ1) is 8.50. The molecule has 1 heterocycles. The van der Waals surface area contributed by atoms with Crippen molar-refractivity contribution in [3.8, 4) is 11.8 Å². The van der Waals surface area contributed by atoms with Crippen molar-refractivity contribution in [2.45, 2.75) is 19.3 Å². The molecule has 1 aromatic rings. The summed E-state index contributed by atoms with van der Waals surface area (Å²) in [6.07, 6.45) is 0.632. The zero-order valence-electron chi connectivity index (χ0n) is 9.31. The third-order valence-corrected chi connectivity index (χ3v) is 1.96. The van der Waals surface area contributed by atoms with E-state index in [1.54, 1.807) is 0 Å². The zero-order chi connectivity index (χ0) is 13.5. The van der Waals surface area contributed by atoms with Gasteiger partial charge in [0.05, 0.1) is 6.61 Å². The van der Waals surface area contributed by atoms with Gasteiger partial charge in [0.25, 0.3) is 5.09 Å². The van der Waals surface area contributed by atoms with Gasteiger partial charge in [-0.05, 0) is 12.8 Å². The van der Waals surface area contributed by atoms with Crippen LogP contribution in [0.15, 0.2) is 12.1 Å². The van der Waals surface area contributed by atoms with Crippen molar-refractivity contribution in [1.82, 2.24) is 4.73 Å². The molecule has 0 aliphatic heterocycles. The van der Waals surface area contributed by atoms with Crippen LogP contribution >= 0.6 is 0 Å². The van der Waals surface area contributed by atoms with E-state index in [2.05, 4.69) is 9.68 Å². The lowest BCUT2D eigenvalue weighted by atomic mass is 10.2. The highest BCUT2D eigenvalue weighted by Crippen LogP contribution is 2.18. The van der Waals surface area contributed by atoms with Gasteiger partial charge in [0.1, 0.15) is 0 Å². The number of carbonyl (C=O) groups excluding carboxylic acids is 1. The fraction of sp³-hybridized carbons (Fsp3) is 0.444. The monoisotopic (exact) mass is 260 g/mol. The largest absolute Gasteiger partial charge is 0.492 e. The minimum Gasteiger partial charge on any atom is -0.492 e. The van der Waals surface area contributed by atoms with E-state index in [1.807, 2.05) is 0 Å². The summed E-state index contributed by atoms with van der Waals surface area (Å²) in [5, 5.41) is 27.3. The molecule has 0 amide bonds. The second-order valence-electron chi connectivity index (χ2n) is 3.32. The summed E-state index contributed by atoms with van der Waals surface area (Å²) in [6.45, 7) is -0.0969. The van der Waals surface area contributed by atoms with Crippen molar-refractivity contribution < 1.29 is 29.8 Å². The average molecular weight is 260 g/mol. The fourth-order valence-electron chi connectivity index (χ4n) is 1.15. The van der Waals surface area contributed by atoms with Gasteiger partial charge >= 0.3 is 5.97 Å². The van der Waals surface area contributed by atoms with Gasteiger partial charge in [-0.2, -0.15) is 0 Å². The average Bonchev–Trinajstić information content (AvgIpc) is 2.60. The molecule has 9 nitrogen and oxygen atoms in total. The van der Waals surface area contributed by atoms with Crippen LogP contribution in [0.5, 0.6) is 11.8 Å². The SMILES string of the molecule is O=C(CCCCO[N+](=O)[O-])On1c(O)ccc1O. The summed E-state index contributed by atoms with van der Waals surface area (Å²) in [4.78, 5) is 29.8. The Morgan fingerprint density at radius 3 is 2.50 bits per heavy atom. The van der Waals surface area contributed by atoms with Gasteiger partial charge in [0, 0.05) is 18.6 Å². The maximum Gasteiger partial charge on any atom is 0.333 e. The molecule has 0 spiro atoms. The second kappa shape index (κ2) is 6.33. The first-order valence-electron chi connectivity index (χ1n) is 5.09. The summed E-state index contributed by atoms with van der Waals surface area (Å²) in [5.74, 6) is -1.49. The molecular weight excluding hydrogens is 248 g/mol. The molecule has 0 bridgehead atoms. The van der Waals surface area contributed by atoms with E-state index < -0.39 is 22.8 Å². The fourth-order valence-corrected chi connectivity index (χ4v) is 1.15. The molecule has 0 fully saturated rings. The number of nitrogens with zero attached hydrogens (tertiary/aromatic N) is 2. The third kappa shape index (κ3) is 4.20. The van der Waals surface area contributed by atoms with E-state index in [0.717, 1.165) is 12.1 Å². The summed E-state index contributed by atoms with van der Waals surface area (Å²) in [6, 6.07) is 2.32. The smallest absolute Gasteiger partial charge is 0.333 e. The number of aromatic hydroxyl groups is 2. The van der Waals surface area contributed by atoms with Crippen molar-refractivity contribution in [3.63, 3.8) is 0 Å². The van der Waals surface area contributed by atoms with Crippen LogP contribution in [0.4, 0.5) is 0 Å². The Kier molecular flexibility index (Phi) is 4.78. The first-order valence-corrected chi connectivity index (χ1v) is 5.09. The van der Waals surface area contributed by atoms with E-state index in [1.165, 1.54) is 0 Å². The van der Waals surface area contributed by atoms with Gasteiger partial charge in [-0.3, -0.25) is 0 Å². The highest BCUT2D eigenvalue weighted by molar-refractivity contribution is 5.69. The molecule has 0 saturated heterocycles. The summed E-state index contributed by atoms with van der Waals surface area (Å²) < 4.78 is 0.579. The lowest BCUT2D eigenvalue weighted by Gasteiger charge is -2.06.